The molecule has 0 N–H and O–H groups in total. The van der Waals surface area contributed by atoms with Crippen LogP contribution in [0, 0.1) is 0 Å². The molecule has 0 spiro atoms. The largest absolute Gasteiger partial charge is 0.344 e. The van der Waals surface area contributed by atoms with Gasteiger partial charge >= 0.3 is 11.9 Å². The lowest BCUT2D eigenvalue weighted by Gasteiger charge is -2.33. The van der Waals surface area contributed by atoms with Crippen LogP contribution in [0.5, 0.6) is 0 Å². The standard InChI is InChI=1S/C12H17ClO9/c1-7(14)20-18-5-10-9(22-21-8(2)15)3-4-12(19-10)17-6-11(13)16/h9-10,12H,3-6H2,1-2H3/t9-,10+,12?/m0/s1/i1D,2D. The van der Waals surface area contributed by atoms with E-state index >= 15 is 0 Å². The summed E-state index contributed by atoms with van der Waals surface area (Å²) in [4.78, 5) is 50.8. The van der Waals surface area contributed by atoms with Gasteiger partial charge in [0.15, 0.2) is 6.29 Å². The van der Waals surface area contributed by atoms with Crippen LogP contribution in [-0.4, -0.2) is 48.9 Å². The molecule has 22 heavy (non-hydrogen) atoms. The number of rotatable bonds is 8. The van der Waals surface area contributed by atoms with Gasteiger partial charge in [-0.25, -0.2) is 9.59 Å². The van der Waals surface area contributed by atoms with E-state index in [9.17, 15) is 14.4 Å². The molecule has 1 aliphatic heterocycles. The van der Waals surface area contributed by atoms with Gasteiger partial charge in [-0.05, 0) is 18.0 Å². The minimum atomic E-state index is -0.899. The molecule has 0 aromatic carbocycles. The zero-order valence-corrected chi connectivity index (χ0v) is 12.3. The lowest BCUT2D eigenvalue weighted by Crippen LogP contribution is -2.44. The zero-order valence-electron chi connectivity index (χ0n) is 13.5. The normalized spacial score (nSPS) is 25.8. The Labute approximate surface area is 134 Å². The highest BCUT2D eigenvalue weighted by Crippen LogP contribution is 2.24. The summed E-state index contributed by atoms with van der Waals surface area (Å²) < 4.78 is 24.2. The number of carbonyl (C=O) groups is 3. The summed E-state index contributed by atoms with van der Waals surface area (Å²) in [7, 11) is 0. The second-order valence-electron chi connectivity index (χ2n) is 4.18. The van der Waals surface area contributed by atoms with Crippen molar-refractivity contribution in [2.45, 2.75) is 45.1 Å². The molecule has 10 heteroatoms. The zero-order chi connectivity index (χ0) is 17.9. The minimum Gasteiger partial charge on any atom is -0.344 e. The van der Waals surface area contributed by atoms with Crippen LogP contribution >= 0.6 is 11.6 Å². The predicted octanol–water partition coefficient (Wildman–Crippen LogP) is 0.631. The van der Waals surface area contributed by atoms with Crippen molar-refractivity contribution in [1.29, 1.82) is 0 Å². The van der Waals surface area contributed by atoms with E-state index in [2.05, 4.69) is 14.7 Å². The average Bonchev–Trinajstić information content (AvgIpc) is 2.58. The summed E-state index contributed by atoms with van der Waals surface area (Å²) in [6, 6.07) is 0. The molecule has 3 atom stereocenters. The maximum absolute atomic E-state index is 11.0. The van der Waals surface area contributed by atoms with Crippen LogP contribution < -0.4 is 0 Å². The highest BCUT2D eigenvalue weighted by molar-refractivity contribution is 6.63. The second kappa shape index (κ2) is 9.70. The summed E-state index contributed by atoms with van der Waals surface area (Å²) in [6.45, 7) is -1.87. The SMILES string of the molecule is [2H]CC(=O)OOC[C@H]1OC(OCC(=O)Cl)CC[C@@H]1OOC(=O)C[2H]. The monoisotopic (exact) mass is 342 g/mol. The smallest absolute Gasteiger partial charge is 0.339 e. The summed E-state index contributed by atoms with van der Waals surface area (Å²) in [6.07, 6.45) is -1.77. The topological polar surface area (TPSA) is 107 Å². The lowest BCUT2D eigenvalue weighted by atomic mass is 10.1. The molecule has 1 fully saturated rings. The van der Waals surface area contributed by atoms with E-state index in [0.717, 1.165) is 0 Å². The predicted molar refractivity (Wildman–Crippen MR) is 69.1 cm³/mol. The van der Waals surface area contributed by atoms with Gasteiger partial charge in [0.1, 0.15) is 25.4 Å². The molecule has 1 heterocycles. The summed E-state index contributed by atoms with van der Waals surface area (Å²) >= 11 is 5.18. The highest BCUT2D eigenvalue weighted by atomic mass is 35.5. The van der Waals surface area contributed by atoms with Crippen LogP contribution in [0.25, 0.3) is 0 Å². The Morgan fingerprint density at radius 3 is 2.64 bits per heavy atom. The first-order valence-corrected chi connectivity index (χ1v) is 6.56. The molecule has 0 bridgehead atoms. The number of hydrogen-bond donors (Lipinski definition) is 0. The Balaban J connectivity index is 2.52. The Bertz CT molecular complexity index is 437. The molecule has 9 nitrogen and oxygen atoms in total. The first-order valence-electron chi connectivity index (χ1n) is 7.60. The molecule has 0 saturated carbocycles. The van der Waals surface area contributed by atoms with Crippen molar-refractivity contribution in [1.82, 2.24) is 0 Å². The molecule has 0 aromatic rings. The van der Waals surface area contributed by atoms with Crippen LogP contribution in [0.1, 0.15) is 29.4 Å². The van der Waals surface area contributed by atoms with Gasteiger partial charge in [-0.1, -0.05) is 0 Å². The molecule has 0 aliphatic carbocycles. The van der Waals surface area contributed by atoms with Crippen molar-refractivity contribution >= 4 is 28.8 Å². The Morgan fingerprint density at radius 2 is 1.95 bits per heavy atom. The van der Waals surface area contributed by atoms with E-state index in [1.807, 2.05) is 0 Å². The lowest BCUT2D eigenvalue weighted by molar-refractivity contribution is -0.356. The summed E-state index contributed by atoms with van der Waals surface area (Å²) in [5.41, 5.74) is 0. The third-order valence-electron chi connectivity index (χ3n) is 2.46. The Morgan fingerprint density at radius 1 is 1.23 bits per heavy atom. The molecule has 0 aromatic heterocycles. The van der Waals surface area contributed by atoms with E-state index in [-0.39, 0.29) is 13.2 Å². The van der Waals surface area contributed by atoms with E-state index < -0.39 is 49.5 Å². The van der Waals surface area contributed by atoms with Gasteiger partial charge in [0.25, 0.3) is 0 Å². The number of hydrogen-bond acceptors (Lipinski definition) is 9. The van der Waals surface area contributed by atoms with E-state index in [4.69, 9.17) is 28.7 Å². The van der Waals surface area contributed by atoms with E-state index in [0.29, 0.717) is 12.8 Å². The van der Waals surface area contributed by atoms with E-state index in [1.165, 1.54) is 0 Å². The Kier molecular flexibility index (Phi) is 6.89. The van der Waals surface area contributed by atoms with Gasteiger partial charge in [0.05, 0.1) is 0 Å². The molecule has 1 saturated heterocycles. The summed E-state index contributed by atoms with van der Waals surface area (Å²) in [5, 5.41) is -0.696. The number of ether oxygens (including phenoxy) is 2. The van der Waals surface area contributed by atoms with Crippen LogP contribution in [0.4, 0.5) is 0 Å². The average molecular weight is 343 g/mol. The second-order valence-corrected chi connectivity index (χ2v) is 4.60. The minimum absolute atomic E-state index is 0.288. The molecular formula is C12H17ClO9. The van der Waals surface area contributed by atoms with Crippen LogP contribution in [0.15, 0.2) is 0 Å². The van der Waals surface area contributed by atoms with Crippen LogP contribution in [0.2, 0.25) is 0 Å². The van der Waals surface area contributed by atoms with Gasteiger partial charge in [-0.15, -0.1) is 0 Å². The molecule has 1 unspecified atom stereocenters. The first kappa shape index (κ1) is 15.6. The Hall–Kier alpha value is -1.26. The molecule has 0 radical (unpaired) electrons. The van der Waals surface area contributed by atoms with Gasteiger partial charge in [-0.3, -0.25) is 14.6 Å². The van der Waals surface area contributed by atoms with Gasteiger partial charge < -0.3 is 9.47 Å². The highest BCUT2D eigenvalue weighted by Gasteiger charge is 2.35. The fraction of sp³-hybridized carbons (Fsp3) is 0.750. The quantitative estimate of drug-likeness (QED) is 0.356. The van der Waals surface area contributed by atoms with Crippen LogP contribution in [-0.2, 0) is 43.4 Å². The number of halogens is 1. The van der Waals surface area contributed by atoms with Crippen molar-refractivity contribution in [2.75, 3.05) is 13.2 Å². The third-order valence-corrected chi connectivity index (χ3v) is 2.57. The first-order chi connectivity index (χ1) is 11.5. The van der Waals surface area contributed by atoms with Crippen molar-refractivity contribution in [3.63, 3.8) is 0 Å². The van der Waals surface area contributed by atoms with E-state index in [1.54, 1.807) is 0 Å². The molecule has 1 rings (SSSR count). The van der Waals surface area contributed by atoms with Gasteiger partial charge in [0, 0.05) is 23.0 Å². The van der Waals surface area contributed by atoms with Crippen molar-refractivity contribution in [3.05, 3.63) is 0 Å². The molecule has 0 amide bonds. The maximum Gasteiger partial charge on any atom is 0.339 e. The fourth-order valence-electron chi connectivity index (χ4n) is 1.66. The summed E-state index contributed by atoms with van der Waals surface area (Å²) in [5.74, 6) is -1.79. The van der Waals surface area contributed by atoms with Crippen molar-refractivity contribution in [3.8, 4) is 0 Å². The van der Waals surface area contributed by atoms with Crippen molar-refractivity contribution < 1.29 is 46.1 Å². The maximum atomic E-state index is 11.0. The third kappa shape index (κ3) is 7.66. The van der Waals surface area contributed by atoms with Crippen LogP contribution in [0.3, 0.4) is 0 Å². The number of carbonyl (C=O) groups excluding carboxylic acids is 3. The van der Waals surface area contributed by atoms with Crippen molar-refractivity contribution in [2.24, 2.45) is 0 Å². The molecule has 1 aliphatic rings. The van der Waals surface area contributed by atoms with Gasteiger partial charge in [-0.2, -0.15) is 9.78 Å². The molecule has 126 valence electrons. The molecular weight excluding hydrogens is 324 g/mol. The van der Waals surface area contributed by atoms with Gasteiger partial charge in [0.2, 0.25) is 5.24 Å². The fourth-order valence-corrected chi connectivity index (χ4v) is 1.72.